The van der Waals surface area contributed by atoms with Crippen LogP contribution in [0.4, 0.5) is 0 Å². The lowest BCUT2D eigenvalue weighted by Crippen LogP contribution is -2.17. The van der Waals surface area contributed by atoms with Crippen LogP contribution in [0, 0.1) is 12.8 Å². The first-order valence-electron chi connectivity index (χ1n) is 22.1. The molecule has 0 heteroatoms. The number of rotatable bonds is 5. The number of aryl methyl sites for hydroxylation is 1. The molecule has 0 fully saturated rings. The van der Waals surface area contributed by atoms with E-state index in [0.717, 1.165) is 0 Å². The Balaban J connectivity index is 1.08. The van der Waals surface area contributed by atoms with E-state index in [1.165, 1.54) is 116 Å². The molecule has 10 rings (SSSR count). The van der Waals surface area contributed by atoms with Gasteiger partial charge in [-0.15, -0.1) is 0 Å². The quantitative estimate of drug-likeness (QED) is 0.164. The Morgan fingerprint density at radius 3 is 1.51 bits per heavy atom. The predicted molar refractivity (Wildman–Crippen MR) is 255 cm³/mol. The summed E-state index contributed by atoms with van der Waals surface area (Å²) in [6.07, 6.45) is 4.50. The van der Waals surface area contributed by atoms with Crippen molar-refractivity contribution in [1.82, 2.24) is 0 Å². The summed E-state index contributed by atoms with van der Waals surface area (Å²) in [6, 6.07) is 45.3. The molecule has 0 heterocycles. The van der Waals surface area contributed by atoms with Crippen LogP contribution in [0.25, 0.3) is 60.5 Å². The molecule has 0 aromatic heterocycles. The van der Waals surface area contributed by atoms with Gasteiger partial charge in [0, 0.05) is 10.8 Å². The average Bonchev–Trinajstić information content (AvgIpc) is 3.61. The van der Waals surface area contributed by atoms with E-state index < -0.39 is 0 Å². The second-order valence-electron chi connectivity index (χ2n) is 19.5. The Morgan fingerprint density at radius 1 is 0.492 bits per heavy atom. The van der Waals surface area contributed by atoms with Gasteiger partial charge in [0.15, 0.2) is 0 Å². The summed E-state index contributed by atoms with van der Waals surface area (Å²) in [6.45, 7) is 26.1. The zero-order valence-corrected chi connectivity index (χ0v) is 36.9. The number of fused-ring (bicyclic) bond motifs is 11. The molecule has 0 saturated heterocycles. The topological polar surface area (TPSA) is 0 Å². The van der Waals surface area contributed by atoms with Crippen LogP contribution in [0.1, 0.15) is 137 Å². The van der Waals surface area contributed by atoms with Crippen molar-refractivity contribution >= 4 is 27.1 Å². The minimum Gasteiger partial charge on any atom is -0.0870 e. The first-order chi connectivity index (χ1) is 28.2. The molecule has 4 atom stereocenters. The number of allylic oxidation sites excluding steroid dienone is 4. The molecule has 0 amide bonds. The zero-order valence-electron chi connectivity index (χ0n) is 36.9. The molecule has 0 saturated carbocycles. The van der Waals surface area contributed by atoms with Crippen molar-refractivity contribution < 1.29 is 0 Å². The maximum Gasteiger partial charge on any atom is 0.0159 e. The van der Waals surface area contributed by atoms with Crippen molar-refractivity contribution in [3.63, 3.8) is 0 Å². The van der Waals surface area contributed by atoms with Gasteiger partial charge in [0.25, 0.3) is 0 Å². The summed E-state index contributed by atoms with van der Waals surface area (Å²) in [4.78, 5) is 0. The van der Waals surface area contributed by atoms with Crippen molar-refractivity contribution in [2.75, 3.05) is 0 Å². The molecule has 59 heavy (non-hydrogen) atoms. The van der Waals surface area contributed by atoms with Crippen LogP contribution in [0.5, 0.6) is 0 Å². The minimum atomic E-state index is -0.160. The lowest BCUT2D eigenvalue weighted by atomic mass is 9.72. The molecule has 0 N–H and O–H groups in total. The summed E-state index contributed by atoms with van der Waals surface area (Å²) < 4.78 is 0. The molecule has 7 aromatic carbocycles. The van der Waals surface area contributed by atoms with Gasteiger partial charge in [0.2, 0.25) is 0 Å². The molecular formula is C59H58. The fourth-order valence-corrected chi connectivity index (χ4v) is 11.6. The van der Waals surface area contributed by atoms with Crippen molar-refractivity contribution in [2.45, 2.75) is 105 Å². The van der Waals surface area contributed by atoms with Gasteiger partial charge >= 0.3 is 0 Å². The Morgan fingerprint density at radius 2 is 0.966 bits per heavy atom. The van der Waals surface area contributed by atoms with E-state index in [1.807, 2.05) is 0 Å². The highest BCUT2D eigenvalue weighted by Gasteiger charge is 2.40. The fourth-order valence-electron chi connectivity index (χ4n) is 11.6. The number of benzene rings is 7. The van der Waals surface area contributed by atoms with Gasteiger partial charge in [-0.05, 0) is 162 Å². The van der Waals surface area contributed by atoms with Crippen molar-refractivity contribution in [2.24, 2.45) is 5.92 Å². The molecule has 0 spiro atoms. The van der Waals surface area contributed by atoms with E-state index in [2.05, 4.69) is 204 Å². The highest BCUT2D eigenvalue weighted by molar-refractivity contribution is 6.15. The Kier molecular flexibility index (Phi) is 8.50. The Hall–Kier alpha value is -5.46. The van der Waals surface area contributed by atoms with Crippen molar-refractivity contribution in [3.05, 3.63) is 183 Å². The molecule has 7 aromatic rings. The second kappa shape index (κ2) is 13.3. The number of hydrogen-bond donors (Lipinski definition) is 0. The van der Waals surface area contributed by atoms with Crippen LogP contribution in [0.15, 0.2) is 133 Å². The summed E-state index contributed by atoms with van der Waals surface area (Å²) in [7, 11) is 0. The molecular weight excluding hydrogens is 709 g/mol. The normalized spacial score (nSPS) is 19.4. The van der Waals surface area contributed by atoms with E-state index in [4.69, 9.17) is 0 Å². The standard InChI is InChI=1S/C59H58/c1-12-17-41-37(6)34(3)38(7)49-29-39(23-26-44(41)49)35(4)36(5)40-24-27-48-53(30-40)59(10,11)55-32-51(43-19-14-16-21-46(43)57(48)55)50-31-54-56(45-20-15-13-18-42(45)50)47-25-22-33(2)28-52(47)58(54,8)9/h12-32,34-36,38H,1-11H3/b17-12-. The Bertz CT molecular complexity index is 2980. The molecule has 3 aliphatic carbocycles. The van der Waals surface area contributed by atoms with Crippen LogP contribution in [0.2, 0.25) is 0 Å². The Labute approximate surface area is 352 Å². The SMILES string of the molecule is C/C=C\C1=C(C)C(C)C(C)c2cc(C(C)C(C)c3ccc4c(c3)C(C)(C)c3cc(-c5cc6c(c7ccccc57)-c5ccc(C)cc5C6(C)C)c5ccccc5c3-4)ccc21. The summed E-state index contributed by atoms with van der Waals surface area (Å²) in [5.74, 6) is 1.78. The van der Waals surface area contributed by atoms with Gasteiger partial charge in [-0.1, -0.05) is 182 Å². The van der Waals surface area contributed by atoms with Crippen molar-refractivity contribution in [3.8, 4) is 33.4 Å². The first-order valence-corrected chi connectivity index (χ1v) is 22.1. The van der Waals surface area contributed by atoms with Gasteiger partial charge in [-0.2, -0.15) is 0 Å². The predicted octanol–water partition coefficient (Wildman–Crippen LogP) is 16.6. The largest absolute Gasteiger partial charge is 0.0870 e. The molecule has 0 bridgehead atoms. The first kappa shape index (κ1) is 37.8. The van der Waals surface area contributed by atoms with E-state index in [1.54, 1.807) is 0 Å². The van der Waals surface area contributed by atoms with E-state index >= 15 is 0 Å². The van der Waals surface area contributed by atoms with E-state index in [-0.39, 0.29) is 10.8 Å². The third-order valence-electron chi connectivity index (χ3n) is 15.7. The molecule has 0 aliphatic heterocycles. The highest BCUT2D eigenvalue weighted by atomic mass is 14.4. The van der Waals surface area contributed by atoms with Crippen LogP contribution in [0.3, 0.4) is 0 Å². The fraction of sp³-hybridized carbons (Fsp3) is 0.288. The highest BCUT2D eigenvalue weighted by Crippen LogP contribution is 2.57. The lowest BCUT2D eigenvalue weighted by Gasteiger charge is -2.33. The number of hydrogen-bond acceptors (Lipinski definition) is 0. The van der Waals surface area contributed by atoms with Gasteiger partial charge in [-0.25, -0.2) is 0 Å². The molecule has 294 valence electrons. The summed E-state index contributed by atoms with van der Waals surface area (Å²) in [5, 5.41) is 5.36. The monoisotopic (exact) mass is 766 g/mol. The van der Waals surface area contributed by atoms with Crippen LogP contribution in [-0.2, 0) is 10.8 Å². The van der Waals surface area contributed by atoms with Crippen LogP contribution < -0.4 is 0 Å². The van der Waals surface area contributed by atoms with Gasteiger partial charge in [0.1, 0.15) is 0 Å². The average molecular weight is 767 g/mol. The third kappa shape index (κ3) is 5.34. The summed E-state index contributed by atoms with van der Waals surface area (Å²) in [5.41, 5.74) is 23.8. The van der Waals surface area contributed by atoms with Gasteiger partial charge in [-0.3, -0.25) is 0 Å². The lowest BCUT2D eigenvalue weighted by molar-refractivity contribution is 0.550. The van der Waals surface area contributed by atoms with Crippen LogP contribution in [-0.4, -0.2) is 0 Å². The smallest absolute Gasteiger partial charge is 0.0159 e. The molecule has 0 radical (unpaired) electrons. The van der Waals surface area contributed by atoms with E-state index in [9.17, 15) is 0 Å². The van der Waals surface area contributed by atoms with Gasteiger partial charge in [0.05, 0.1) is 0 Å². The maximum atomic E-state index is 2.57. The second-order valence-corrected chi connectivity index (χ2v) is 19.5. The molecule has 4 unspecified atom stereocenters. The molecule has 3 aliphatic rings. The molecule has 0 nitrogen and oxygen atoms in total. The van der Waals surface area contributed by atoms with Crippen molar-refractivity contribution in [1.29, 1.82) is 0 Å². The zero-order chi connectivity index (χ0) is 41.3. The maximum absolute atomic E-state index is 2.57. The summed E-state index contributed by atoms with van der Waals surface area (Å²) >= 11 is 0. The minimum absolute atomic E-state index is 0.0943. The van der Waals surface area contributed by atoms with Crippen LogP contribution >= 0.6 is 0 Å². The van der Waals surface area contributed by atoms with E-state index in [0.29, 0.717) is 23.7 Å². The van der Waals surface area contributed by atoms with Gasteiger partial charge < -0.3 is 0 Å². The third-order valence-corrected chi connectivity index (χ3v) is 15.7.